The zero-order valence-electron chi connectivity index (χ0n) is 9.72. The Morgan fingerprint density at radius 1 is 1.50 bits per heavy atom. The number of oxazole rings is 1. The van der Waals surface area contributed by atoms with Crippen LogP contribution in [-0.4, -0.2) is 15.8 Å². The Labute approximate surface area is 109 Å². The van der Waals surface area contributed by atoms with Gasteiger partial charge in [0.25, 0.3) is 5.69 Å². The molecule has 0 aliphatic heterocycles. The molecule has 0 amide bonds. The van der Waals surface area contributed by atoms with Crippen LogP contribution in [0.25, 0.3) is 11.3 Å². The first-order valence-electron chi connectivity index (χ1n) is 5.38. The second-order valence-corrected chi connectivity index (χ2v) is 4.16. The van der Waals surface area contributed by atoms with Gasteiger partial charge in [-0.05, 0) is 12.5 Å². The van der Waals surface area contributed by atoms with Crippen molar-refractivity contribution in [3.8, 4) is 11.3 Å². The third-order valence-electron chi connectivity index (χ3n) is 2.56. The van der Waals surface area contributed by atoms with E-state index in [0.29, 0.717) is 29.5 Å². The van der Waals surface area contributed by atoms with Crippen LogP contribution in [0.4, 0.5) is 5.69 Å². The van der Waals surface area contributed by atoms with Crippen LogP contribution in [0.3, 0.4) is 0 Å². The summed E-state index contributed by atoms with van der Waals surface area (Å²) < 4.78 is 5.48. The standard InChI is InChI=1S/C12H11ClN2O3/c1-8-3-2-4-9(15(16)17)12(8)10-7-14-11(18-10)5-6-13/h2-4,7H,5-6H2,1H3. The number of benzene rings is 1. The molecule has 0 aliphatic carbocycles. The molecule has 94 valence electrons. The summed E-state index contributed by atoms with van der Waals surface area (Å²) in [5.74, 6) is 1.29. The number of nitro benzene ring substituents is 1. The number of rotatable bonds is 4. The van der Waals surface area contributed by atoms with Crippen molar-refractivity contribution in [1.82, 2.24) is 4.98 Å². The summed E-state index contributed by atoms with van der Waals surface area (Å²) in [4.78, 5) is 14.6. The minimum Gasteiger partial charge on any atom is -0.440 e. The molecule has 0 unspecified atom stereocenters. The van der Waals surface area contributed by atoms with Crippen molar-refractivity contribution in [2.24, 2.45) is 0 Å². The maximum atomic E-state index is 11.0. The summed E-state index contributed by atoms with van der Waals surface area (Å²) in [6.45, 7) is 1.80. The average Bonchev–Trinajstić information content (AvgIpc) is 2.77. The van der Waals surface area contributed by atoms with Crippen molar-refractivity contribution >= 4 is 17.3 Å². The SMILES string of the molecule is Cc1cccc([N+](=O)[O-])c1-c1cnc(CCCl)o1. The molecule has 0 saturated heterocycles. The number of hydrogen-bond donors (Lipinski definition) is 0. The Morgan fingerprint density at radius 2 is 2.28 bits per heavy atom. The lowest BCUT2D eigenvalue weighted by atomic mass is 10.1. The minimum absolute atomic E-state index is 0.0172. The predicted molar refractivity (Wildman–Crippen MR) is 67.8 cm³/mol. The highest BCUT2D eigenvalue weighted by molar-refractivity contribution is 6.17. The summed E-state index contributed by atoms with van der Waals surface area (Å²) in [6.07, 6.45) is 2.00. The van der Waals surface area contributed by atoms with E-state index in [0.717, 1.165) is 5.56 Å². The van der Waals surface area contributed by atoms with Gasteiger partial charge in [0.1, 0.15) is 0 Å². The molecule has 0 fully saturated rings. The Bertz CT molecular complexity index is 580. The van der Waals surface area contributed by atoms with E-state index in [1.54, 1.807) is 19.1 Å². The van der Waals surface area contributed by atoms with E-state index in [4.69, 9.17) is 16.0 Å². The molecular weight excluding hydrogens is 256 g/mol. The number of nitro groups is 1. The van der Waals surface area contributed by atoms with Crippen molar-refractivity contribution in [1.29, 1.82) is 0 Å². The fourth-order valence-electron chi connectivity index (χ4n) is 1.75. The van der Waals surface area contributed by atoms with Gasteiger partial charge in [0.05, 0.1) is 16.7 Å². The molecule has 2 aromatic rings. The molecule has 0 spiro atoms. The molecule has 5 nitrogen and oxygen atoms in total. The number of aryl methyl sites for hydroxylation is 2. The van der Waals surface area contributed by atoms with Gasteiger partial charge in [-0.15, -0.1) is 11.6 Å². The first-order chi connectivity index (χ1) is 8.63. The third kappa shape index (κ3) is 2.36. The van der Waals surface area contributed by atoms with Crippen molar-refractivity contribution < 1.29 is 9.34 Å². The monoisotopic (exact) mass is 266 g/mol. The fourth-order valence-corrected chi connectivity index (χ4v) is 1.91. The van der Waals surface area contributed by atoms with Gasteiger partial charge in [-0.25, -0.2) is 4.98 Å². The van der Waals surface area contributed by atoms with Crippen LogP contribution in [0.2, 0.25) is 0 Å². The topological polar surface area (TPSA) is 69.2 Å². The van der Waals surface area contributed by atoms with E-state index in [9.17, 15) is 10.1 Å². The molecule has 0 bridgehead atoms. The third-order valence-corrected chi connectivity index (χ3v) is 2.74. The van der Waals surface area contributed by atoms with Gasteiger partial charge in [0, 0.05) is 18.4 Å². The van der Waals surface area contributed by atoms with E-state index in [1.165, 1.54) is 12.3 Å². The van der Waals surface area contributed by atoms with Gasteiger partial charge < -0.3 is 4.42 Å². The molecule has 6 heteroatoms. The second-order valence-electron chi connectivity index (χ2n) is 3.78. The highest BCUT2D eigenvalue weighted by Crippen LogP contribution is 2.33. The van der Waals surface area contributed by atoms with E-state index >= 15 is 0 Å². The minimum atomic E-state index is -0.425. The van der Waals surface area contributed by atoms with Crippen LogP contribution in [-0.2, 0) is 6.42 Å². The van der Waals surface area contributed by atoms with Gasteiger partial charge in [-0.1, -0.05) is 12.1 Å². The first kappa shape index (κ1) is 12.6. The highest BCUT2D eigenvalue weighted by Gasteiger charge is 2.20. The average molecular weight is 267 g/mol. The molecule has 1 aromatic heterocycles. The van der Waals surface area contributed by atoms with E-state index < -0.39 is 4.92 Å². The van der Waals surface area contributed by atoms with Crippen molar-refractivity contribution in [3.63, 3.8) is 0 Å². The van der Waals surface area contributed by atoms with Gasteiger partial charge in [0.2, 0.25) is 0 Å². The van der Waals surface area contributed by atoms with Crippen LogP contribution >= 0.6 is 11.6 Å². The van der Waals surface area contributed by atoms with Crippen LogP contribution in [0.15, 0.2) is 28.8 Å². The molecule has 0 saturated carbocycles. The van der Waals surface area contributed by atoms with Gasteiger partial charge in [-0.3, -0.25) is 10.1 Å². The molecule has 1 aromatic carbocycles. The van der Waals surface area contributed by atoms with Gasteiger partial charge >= 0.3 is 0 Å². The second kappa shape index (κ2) is 5.18. The van der Waals surface area contributed by atoms with Gasteiger partial charge in [-0.2, -0.15) is 0 Å². The Kier molecular flexibility index (Phi) is 3.62. The zero-order chi connectivity index (χ0) is 13.1. The molecule has 2 rings (SSSR count). The van der Waals surface area contributed by atoms with Crippen molar-refractivity contribution in [2.45, 2.75) is 13.3 Å². The van der Waals surface area contributed by atoms with Crippen LogP contribution in [0.1, 0.15) is 11.5 Å². The van der Waals surface area contributed by atoms with E-state index in [2.05, 4.69) is 4.98 Å². The Balaban J connectivity index is 2.51. The van der Waals surface area contributed by atoms with Crippen molar-refractivity contribution in [2.75, 3.05) is 5.88 Å². The fraction of sp³-hybridized carbons (Fsp3) is 0.250. The zero-order valence-corrected chi connectivity index (χ0v) is 10.5. The van der Waals surface area contributed by atoms with Crippen molar-refractivity contribution in [3.05, 3.63) is 46.0 Å². The summed E-state index contributed by atoms with van der Waals surface area (Å²) in [5, 5.41) is 11.0. The molecule has 0 radical (unpaired) electrons. The first-order valence-corrected chi connectivity index (χ1v) is 5.92. The Hall–Kier alpha value is -1.88. The normalized spacial score (nSPS) is 10.6. The molecule has 0 aliphatic rings. The molecule has 18 heavy (non-hydrogen) atoms. The highest BCUT2D eigenvalue weighted by atomic mass is 35.5. The maximum absolute atomic E-state index is 11.0. The number of halogens is 1. The lowest BCUT2D eigenvalue weighted by Gasteiger charge is -2.02. The van der Waals surface area contributed by atoms with Crippen LogP contribution in [0, 0.1) is 17.0 Å². The number of alkyl halides is 1. The smallest absolute Gasteiger partial charge is 0.280 e. The maximum Gasteiger partial charge on any atom is 0.280 e. The predicted octanol–water partition coefficient (Wildman–Crippen LogP) is 3.34. The molecule has 0 atom stereocenters. The molecule has 0 N–H and O–H groups in total. The quantitative estimate of drug-likeness (QED) is 0.483. The molecule has 1 heterocycles. The lowest BCUT2D eigenvalue weighted by Crippen LogP contribution is -1.93. The Morgan fingerprint density at radius 3 is 2.94 bits per heavy atom. The summed E-state index contributed by atoms with van der Waals surface area (Å²) in [6, 6.07) is 4.89. The lowest BCUT2D eigenvalue weighted by molar-refractivity contribution is -0.384. The van der Waals surface area contributed by atoms with Crippen LogP contribution < -0.4 is 0 Å². The van der Waals surface area contributed by atoms with E-state index in [-0.39, 0.29) is 5.69 Å². The van der Waals surface area contributed by atoms with Crippen LogP contribution in [0.5, 0.6) is 0 Å². The van der Waals surface area contributed by atoms with Gasteiger partial charge in [0.15, 0.2) is 11.7 Å². The summed E-state index contributed by atoms with van der Waals surface area (Å²) in [7, 11) is 0. The van der Waals surface area contributed by atoms with E-state index in [1.807, 2.05) is 0 Å². The largest absolute Gasteiger partial charge is 0.440 e. The number of hydrogen-bond acceptors (Lipinski definition) is 4. The number of aromatic nitrogens is 1. The summed E-state index contributed by atoms with van der Waals surface area (Å²) in [5.41, 5.74) is 1.26. The summed E-state index contributed by atoms with van der Waals surface area (Å²) >= 11 is 5.60. The molecular formula is C12H11ClN2O3. The number of nitrogens with zero attached hydrogens (tertiary/aromatic N) is 2.